The van der Waals surface area contributed by atoms with Crippen molar-refractivity contribution in [3.8, 4) is 11.3 Å². The minimum Gasteiger partial charge on any atom is -0.483 e. The van der Waals surface area contributed by atoms with Gasteiger partial charge in [0.2, 0.25) is 0 Å². The number of hydrogen-bond acceptors (Lipinski definition) is 4. The summed E-state index contributed by atoms with van der Waals surface area (Å²) in [5, 5.41) is 12.7. The van der Waals surface area contributed by atoms with E-state index in [1.54, 1.807) is 0 Å². The van der Waals surface area contributed by atoms with Crippen LogP contribution in [0.4, 0.5) is 0 Å². The van der Waals surface area contributed by atoms with Crippen LogP contribution in [-0.4, -0.2) is 70.8 Å². The molecule has 162 valence electrons. The number of likely N-dealkylation sites (tertiary alicyclic amines) is 1. The predicted molar refractivity (Wildman–Crippen MR) is 120 cm³/mol. The zero-order chi connectivity index (χ0) is 22.1. The first-order valence-corrected chi connectivity index (χ1v) is 10.5. The summed E-state index contributed by atoms with van der Waals surface area (Å²) in [5.41, 5.74) is 3.89. The molecule has 2 heterocycles. The first-order valence-electron chi connectivity index (χ1n) is 10.5. The molecule has 1 saturated carbocycles. The Kier molecular flexibility index (Phi) is 5.78. The lowest BCUT2D eigenvalue weighted by Crippen LogP contribution is -2.33. The molecular weight excluding hydrogens is 392 g/mol. The summed E-state index contributed by atoms with van der Waals surface area (Å²) < 4.78 is 1.91. The number of carboxylic acid groups (broad SMARTS) is 1. The van der Waals surface area contributed by atoms with Gasteiger partial charge in [-0.2, -0.15) is 5.10 Å². The van der Waals surface area contributed by atoms with E-state index in [1.165, 1.54) is 0 Å². The number of hydrogen-bond donors (Lipinski definition) is 1. The van der Waals surface area contributed by atoms with Crippen molar-refractivity contribution in [2.24, 2.45) is 24.8 Å². The number of fused-ring (bicyclic) bond motifs is 2. The summed E-state index contributed by atoms with van der Waals surface area (Å²) in [4.78, 5) is 25.6. The van der Waals surface area contributed by atoms with Gasteiger partial charge in [-0.25, -0.2) is 0 Å². The van der Waals surface area contributed by atoms with Gasteiger partial charge in [-0.1, -0.05) is 30.3 Å². The highest BCUT2D eigenvalue weighted by atomic mass is 16.3. The predicted octanol–water partition coefficient (Wildman–Crippen LogP) is 2.82. The molecule has 1 N–H and O–H groups in total. The van der Waals surface area contributed by atoms with Gasteiger partial charge in [0.1, 0.15) is 5.69 Å². The summed E-state index contributed by atoms with van der Waals surface area (Å²) >= 11 is 0. The Hall–Kier alpha value is -3.19. The van der Waals surface area contributed by atoms with E-state index in [1.807, 2.05) is 53.0 Å². The number of carbonyl (C=O) groups is 2. The summed E-state index contributed by atoms with van der Waals surface area (Å²) in [7, 11) is 6.22. The van der Waals surface area contributed by atoms with Gasteiger partial charge >= 0.3 is 0 Å². The van der Waals surface area contributed by atoms with Crippen LogP contribution >= 0.6 is 0 Å². The van der Waals surface area contributed by atoms with Crippen LogP contribution in [0.15, 0.2) is 48.5 Å². The number of rotatable bonds is 4. The van der Waals surface area contributed by atoms with Crippen LogP contribution < -0.4 is 0 Å². The molecule has 0 radical (unpaired) electrons. The molecule has 1 aliphatic carbocycles. The van der Waals surface area contributed by atoms with Gasteiger partial charge in [-0.15, -0.1) is 0 Å². The molecule has 2 aliphatic rings. The fraction of sp³-hybridized carbons (Fsp3) is 0.375. The Bertz CT molecular complexity index is 1080. The highest BCUT2D eigenvalue weighted by Gasteiger charge is 2.56. The van der Waals surface area contributed by atoms with Gasteiger partial charge in [-0.3, -0.25) is 14.3 Å². The standard InChI is InChI=1S/C23H26N4O.CH2O2/c1-25(2)12-18-19-13-27(14-20(18)19)23(28)16-10-8-15(9-11-16)22-17-6-4-5-7-21(17)26(3)24-22;2-1-3/h4-11,18-20H,12-14H2,1-3H3;1H,(H,2,3)/t18?,19-,20+;. The number of amides is 1. The molecule has 1 unspecified atom stereocenters. The van der Waals surface area contributed by atoms with E-state index in [0.29, 0.717) is 11.8 Å². The number of carbonyl (C=O) groups excluding carboxylic acids is 1. The maximum atomic E-state index is 12.9. The molecule has 5 rings (SSSR count). The highest BCUT2D eigenvalue weighted by Crippen LogP contribution is 2.52. The molecule has 2 fully saturated rings. The van der Waals surface area contributed by atoms with Crippen LogP contribution in [0, 0.1) is 17.8 Å². The van der Waals surface area contributed by atoms with Crippen molar-refractivity contribution in [2.75, 3.05) is 33.7 Å². The monoisotopic (exact) mass is 420 g/mol. The molecule has 1 amide bonds. The third kappa shape index (κ3) is 4.05. The Labute approximate surface area is 181 Å². The van der Waals surface area contributed by atoms with Gasteiger partial charge in [0.25, 0.3) is 12.4 Å². The van der Waals surface area contributed by atoms with Crippen molar-refractivity contribution in [1.29, 1.82) is 0 Å². The van der Waals surface area contributed by atoms with E-state index >= 15 is 0 Å². The van der Waals surface area contributed by atoms with Gasteiger partial charge < -0.3 is 14.9 Å². The minimum atomic E-state index is -0.250. The van der Waals surface area contributed by atoms with Crippen LogP contribution in [0.25, 0.3) is 22.2 Å². The minimum absolute atomic E-state index is 0.160. The normalized spacial score (nSPS) is 21.5. The molecule has 0 bridgehead atoms. The molecule has 3 atom stereocenters. The quantitative estimate of drug-likeness (QED) is 0.657. The largest absolute Gasteiger partial charge is 0.483 e. The SMILES string of the molecule is CN(C)CC1[C@H]2CN(C(=O)c3ccc(-c4nn(C)c5ccccc45)cc3)C[C@@H]12.O=CO. The van der Waals surface area contributed by atoms with Crippen molar-refractivity contribution < 1.29 is 14.7 Å². The van der Waals surface area contributed by atoms with E-state index in [4.69, 9.17) is 9.90 Å². The lowest BCUT2D eigenvalue weighted by Gasteiger charge is -2.21. The number of aromatic nitrogens is 2. The zero-order valence-electron chi connectivity index (χ0n) is 18.1. The maximum Gasteiger partial charge on any atom is 0.290 e. The smallest absolute Gasteiger partial charge is 0.290 e. The second kappa shape index (κ2) is 8.51. The number of aryl methyl sites for hydroxylation is 1. The zero-order valence-corrected chi connectivity index (χ0v) is 18.1. The summed E-state index contributed by atoms with van der Waals surface area (Å²) in [5.74, 6) is 2.34. The number of benzene rings is 2. The summed E-state index contributed by atoms with van der Waals surface area (Å²) in [6.45, 7) is 2.72. The molecule has 1 aliphatic heterocycles. The van der Waals surface area contributed by atoms with Crippen molar-refractivity contribution in [2.45, 2.75) is 0 Å². The van der Waals surface area contributed by atoms with E-state index in [0.717, 1.165) is 53.3 Å². The van der Waals surface area contributed by atoms with Crippen LogP contribution in [0.5, 0.6) is 0 Å². The van der Waals surface area contributed by atoms with Crippen molar-refractivity contribution in [1.82, 2.24) is 19.6 Å². The molecule has 7 nitrogen and oxygen atoms in total. The average Bonchev–Trinajstić information content (AvgIpc) is 3.09. The van der Waals surface area contributed by atoms with Crippen LogP contribution in [0.3, 0.4) is 0 Å². The molecule has 2 aromatic carbocycles. The van der Waals surface area contributed by atoms with Crippen LogP contribution in [-0.2, 0) is 11.8 Å². The second-order valence-electron chi connectivity index (χ2n) is 8.64. The van der Waals surface area contributed by atoms with Gasteiger partial charge in [0.15, 0.2) is 0 Å². The van der Waals surface area contributed by atoms with Crippen molar-refractivity contribution >= 4 is 23.3 Å². The van der Waals surface area contributed by atoms with E-state index in [2.05, 4.69) is 36.2 Å². The summed E-state index contributed by atoms with van der Waals surface area (Å²) in [6, 6.07) is 16.2. The topological polar surface area (TPSA) is 78.7 Å². The molecular formula is C24H28N4O3. The van der Waals surface area contributed by atoms with E-state index < -0.39 is 0 Å². The molecule has 1 aromatic heterocycles. The van der Waals surface area contributed by atoms with Crippen molar-refractivity contribution in [3.63, 3.8) is 0 Å². The Morgan fingerprint density at radius 2 is 1.74 bits per heavy atom. The number of piperidine rings is 1. The maximum absolute atomic E-state index is 12.9. The van der Waals surface area contributed by atoms with Gasteiger partial charge in [-0.05, 0) is 50.0 Å². The molecule has 7 heteroatoms. The third-order valence-electron chi connectivity index (χ3n) is 6.40. The third-order valence-corrected chi connectivity index (χ3v) is 6.40. The average molecular weight is 421 g/mol. The Morgan fingerprint density at radius 3 is 2.35 bits per heavy atom. The molecule has 1 saturated heterocycles. The fourth-order valence-corrected chi connectivity index (χ4v) is 4.89. The number of para-hydroxylation sites is 1. The van der Waals surface area contributed by atoms with Gasteiger partial charge in [0, 0.05) is 43.2 Å². The van der Waals surface area contributed by atoms with Crippen molar-refractivity contribution in [3.05, 3.63) is 54.1 Å². The molecule has 0 spiro atoms. The first-order chi connectivity index (χ1) is 14.9. The van der Waals surface area contributed by atoms with Crippen LogP contribution in [0.1, 0.15) is 10.4 Å². The molecule has 31 heavy (non-hydrogen) atoms. The van der Waals surface area contributed by atoms with E-state index in [9.17, 15) is 4.79 Å². The Morgan fingerprint density at radius 1 is 1.13 bits per heavy atom. The lowest BCUT2D eigenvalue weighted by molar-refractivity contribution is -0.122. The molecule has 3 aromatic rings. The highest BCUT2D eigenvalue weighted by molar-refractivity contribution is 5.97. The Balaban J connectivity index is 0.000000730. The van der Waals surface area contributed by atoms with Crippen LogP contribution in [0.2, 0.25) is 0 Å². The fourth-order valence-electron chi connectivity index (χ4n) is 4.89. The first kappa shape index (κ1) is 21.1. The lowest BCUT2D eigenvalue weighted by atomic mass is 10.1. The summed E-state index contributed by atoms with van der Waals surface area (Å²) in [6.07, 6.45) is 0. The van der Waals surface area contributed by atoms with Gasteiger partial charge in [0.05, 0.1) is 5.52 Å². The number of nitrogens with zero attached hydrogens (tertiary/aromatic N) is 4. The van der Waals surface area contributed by atoms with E-state index in [-0.39, 0.29) is 12.4 Å². The second-order valence-corrected chi connectivity index (χ2v) is 8.64.